The highest BCUT2D eigenvalue weighted by molar-refractivity contribution is 5.87. The number of allylic oxidation sites excluding steroid dienone is 1. The first-order valence-corrected chi connectivity index (χ1v) is 5.29. The van der Waals surface area contributed by atoms with Crippen LogP contribution < -0.4 is 5.32 Å². The Morgan fingerprint density at radius 2 is 2.12 bits per heavy atom. The number of hydrogen-bond acceptors (Lipinski definition) is 3. The minimum atomic E-state index is -0.315. The van der Waals surface area contributed by atoms with Crippen molar-refractivity contribution in [1.82, 2.24) is 5.32 Å². The standard InChI is InChI=1S/C13H12N2O2/c1-17-13-10(8-14)7-11(12(16)15-13)9-5-3-2-4-6-9/h2-6,11H,7H2,1H3,(H,15,16). The van der Waals surface area contributed by atoms with Gasteiger partial charge in [0.2, 0.25) is 11.8 Å². The summed E-state index contributed by atoms with van der Waals surface area (Å²) in [4.78, 5) is 11.9. The van der Waals surface area contributed by atoms with Crippen molar-refractivity contribution < 1.29 is 9.53 Å². The van der Waals surface area contributed by atoms with Crippen molar-refractivity contribution in [3.05, 3.63) is 47.4 Å². The Kier molecular flexibility index (Phi) is 3.10. The van der Waals surface area contributed by atoms with Crippen LogP contribution in [0.4, 0.5) is 0 Å². The van der Waals surface area contributed by atoms with E-state index >= 15 is 0 Å². The zero-order valence-electron chi connectivity index (χ0n) is 9.43. The number of methoxy groups -OCH3 is 1. The van der Waals surface area contributed by atoms with E-state index in [-0.39, 0.29) is 17.7 Å². The molecule has 1 aromatic rings. The highest BCUT2D eigenvalue weighted by atomic mass is 16.5. The van der Waals surface area contributed by atoms with Crippen LogP contribution in [0.25, 0.3) is 0 Å². The highest BCUT2D eigenvalue weighted by Gasteiger charge is 2.29. The number of nitriles is 1. The van der Waals surface area contributed by atoms with Gasteiger partial charge in [-0.1, -0.05) is 30.3 Å². The van der Waals surface area contributed by atoms with Gasteiger partial charge in [-0.2, -0.15) is 5.26 Å². The lowest BCUT2D eigenvalue weighted by molar-refractivity contribution is -0.123. The van der Waals surface area contributed by atoms with Crippen LogP contribution in [0, 0.1) is 11.3 Å². The van der Waals surface area contributed by atoms with E-state index in [0.29, 0.717) is 12.0 Å². The van der Waals surface area contributed by atoms with E-state index in [2.05, 4.69) is 11.4 Å². The number of amides is 1. The van der Waals surface area contributed by atoms with Crippen LogP contribution in [-0.4, -0.2) is 13.0 Å². The topological polar surface area (TPSA) is 62.1 Å². The summed E-state index contributed by atoms with van der Waals surface area (Å²) < 4.78 is 4.97. The van der Waals surface area contributed by atoms with Crippen LogP contribution in [-0.2, 0) is 9.53 Å². The lowest BCUT2D eigenvalue weighted by Gasteiger charge is -2.23. The lowest BCUT2D eigenvalue weighted by atomic mass is 9.89. The molecule has 1 heterocycles. The van der Waals surface area contributed by atoms with E-state index in [4.69, 9.17) is 10.00 Å². The first kappa shape index (κ1) is 11.2. The van der Waals surface area contributed by atoms with Gasteiger partial charge in [0.1, 0.15) is 6.07 Å². The molecule has 1 unspecified atom stereocenters. The molecule has 1 atom stereocenters. The smallest absolute Gasteiger partial charge is 0.234 e. The number of carbonyl (C=O) groups is 1. The average molecular weight is 228 g/mol. The molecule has 0 fully saturated rings. The zero-order valence-corrected chi connectivity index (χ0v) is 9.43. The van der Waals surface area contributed by atoms with E-state index in [0.717, 1.165) is 5.56 Å². The van der Waals surface area contributed by atoms with Gasteiger partial charge >= 0.3 is 0 Å². The Bertz CT molecular complexity index is 500. The second kappa shape index (κ2) is 4.71. The minimum absolute atomic E-state index is 0.132. The average Bonchev–Trinajstić information content (AvgIpc) is 2.39. The Morgan fingerprint density at radius 1 is 1.41 bits per heavy atom. The van der Waals surface area contributed by atoms with Gasteiger partial charge in [0.05, 0.1) is 18.6 Å². The fourth-order valence-corrected chi connectivity index (χ4v) is 1.89. The molecule has 4 nitrogen and oxygen atoms in total. The summed E-state index contributed by atoms with van der Waals surface area (Å²) in [5.41, 5.74) is 1.38. The molecule has 1 aromatic carbocycles. The predicted molar refractivity (Wildman–Crippen MR) is 61.6 cm³/mol. The largest absolute Gasteiger partial charge is 0.482 e. The van der Waals surface area contributed by atoms with Crippen molar-refractivity contribution in [1.29, 1.82) is 5.26 Å². The Balaban J connectivity index is 2.32. The molecule has 1 aliphatic rings. The summed E-state index contributed by atoms with van der Waals surface area (Å²) >= 11 is 0. The summed E-state index contributed by atoms with van der Waals surface area (Å²) in [6, 6.07) is 11.5. The van der Waals surface area contributed by atoms with Crippen molar-refractivity contribution in [3.8, 4) is 6.07 Å². The number of carbonyl (C=O) groups excluding carboxylic acids is 1. The molecule has 86 valence electrons. The predicted octanol–water partition coefficient (Wildman–Crippen LogP) is 1.67. The Morgan fingerprint density at radius 3 is 2.71 bits per heavy atom. The maximum atomic E-state index is 11.9. The molecular weight excluding hydrogens is 216 g/mol. The van der Waals surface area contributed by atoms with E-state index in [1.54, 1.807) is 0 Å². The first-order chi connectivity index (χ1) is 8.26. The maximum absolute atomic E-state index is 11.9. The quantitative estimate of drug-likeness (QED) is 0.837. The number of hydrogen-bond donors (Lipinski definition) is 1. The first-order valence-electron chi connectivity index (χ1n) is 5.29. The summed E-state index contributed by atoms with van der Waals surface area (Å²) in [5, 5.41) is 11.6. The van der Waals surface area contributed by atoms with Gasteiger partial charge < -0.3 is 4.74 Å². The van der Waals surface area contributed by atoms with E-state index in [1.807, 2.05) is 30.3 Å². The summed E-state index contributed by atoms with van der Waals surface area (Å²) in [6.45, 7) is 0. The van der Waals surface area contributed by atoms with Gasteiger partial charge in [-0.05, 0) is 5.56 Å². The third-order valence-electron chi connectivity index (χ3n) is 2.78. The van der Waals surface area contributed by atoms with Crippen molar-refractivity contribution in [2.45, 2.75) is 12.3 Å². The number of ether oxygens (including phenoxy) is 1. The van der Waals surface area contributed by atoms with Crippen LogP contribution >= 0.6 is 0 Å². The monoisotopic (exact) mass is 228 g/mol. The van der Waals surface area contributed by atoms with Gasteiger partial charge in [0.15, 0.2) is 0 Å². The summed E-state index contributed by atoms with van der Waals surface area (Å²) in [5.74, 6) is -0.179. The van der Waals surface area contributed by atoms with Crippen molar-refractivity contribution in [2.75, 3.05) is 7.11 Å². The molecule has 0 aliphatic carbocycles. The second-order valence-corrected chi connectivity index (χ2v) is 3.78. The molecule has 1 N–H and O–H groups in total. The van der Waals surface area contributed by atoms with Gasteiger partial charge in [0.25, 0.3) is 0 Å². The Hall–Kier alpha value is -2.28. The number of rotatable bonds is 2. The van der Waals surface area contributed by atoms with Gasteiger partial charge in [-0.25, -0.2) is 0 Å². The van der Waals surface area contributed by atoms with Crippen LogP contribution in [0.3, 0.4) is 0 Å². The van der Waals surface area contributed by atoms with Crippen LogP contribution in [0.2, 0.25) is 0 Å². The van der Waals surface area contributed by atoms with Crippen molar-refractivity contribution >= 4 is 5.91 Å². The molecule has 0 radical (unpaired) electrons. The molecule has 17 heavy (non-hydrogen) atoms. The molecule has 0 spiro atoms. The lowest BCUT2D eigenvalue weighted by Crippen LogP contribution is -2.34. The molecular formula is C13H12N2O2. The van der Waals surface area contributed by atoms with Gasteiger partial charge in [0, 0.05) is 6.42 Å². The van der Waals surface area contributed by atoms with Crippen LogP contribution in [0.5, 0.6) is 0 Å². The SMILES string of the molecule is COC1=C(C#N)CC(c2ccccc2)C(=O)N1. The van der Waals surface area contributed by atoms with E-state index < -0.39 is 0 Å². The van der Waals surface area contributed by atoms with Gasteiger partial charge in [-0.15, -0.1) is 0 Å². The molecule has 0 saturated carbocycles. The number of benzene rings is 1. The maximum Gasteiger partial charge on any atom is 0.234 e. The van der Waals surface area contributed by atoms with Crippen molar-refractivity contribution in [3.63, 3.8) is 0 Å². The van der Waals surface area contributed by atoms with Crippen LogP contribution in [0.15, 0.2) is 41.8 Å². The third-order valence-corrected chi connectivity index (χ3v) is 2.78. The molecule has 4 heteroatoms. The Labute approximate surface area is 99.5 Å². The number of nitrogens with one attached hydrogen (secondary N) is 1. The summed E-state index contributed by atoms with van der Waals surface area (Å²) in [7, 11) is 1.44. The molecule has 1 aliphatic heterocycles. The summed E-state index contributed by atoms with van der Waals surface area (Å²) in [6.07, 6.45) is 0.384. The van der Waals surface area contributed by atoms with Crippen molar-refractivity contribution in [2.24, 2.45) is 0 Å². The molecule has 0 aromatic heterocycles. The third kappa shape index (κ3) is 2.13. The fourth-order valence-electron chi connectivity index (χ4n) is 1.89. The number of nitrogens with zero attached hydrogens (tertiary/aromatic N) is 1. The van der Waals surface area contributed by atoms with Gasteiger partial charge in [-0.3, -0.25) is 10.1 Å². The fraction of sp³-hybridized carbons (Fsp3) is 0.231. The molecule has 1 amide bonds. The molecule has 0 saturated heterocycles. The minimum Gasteiger partial charge on any atom is -0.482 e. The highest BCUT2D eigenvalue weighted by Crippen LogP contribution is 2.28. The molecule has 0 bridgehead atoms. The second-order valence-electron chi connectivity index (χ2n) is 3.78. The van der Waals surface area contributed by atoms with E-state index in [9.17, 15) is 4.79 Å². The zero-order chi connectivity index (χ0) is 12.3. The normalized spacial score (nSPS) is 19.5. The van der Waals surface area contributed by atoms with Crippen LogP contribution in [0.1, 0.15) is 17.9 Å². The van der Waals surface area contributed by atoms with E-state index in [1.165, 1.54) is 7.11 Å². The molecule has 2 rings (SSSR count).